The van der Waals surface area contributed by atoms with E-state index in [4.69, 9.17) is 16.7 Å². The zero-order valence-corrected chi connectivity index (χ0v) is 20.3. The Hall–Kier alpha value is -3.27. The summed E-state index contributed by atoms with van der Waals surface area (Å²) in [7, 11) is 0. The number of carbonyl (C=O) groups excluding carboxylic acids is 2. The minimum atomic E-state index is -4.89. The number of aliphatic carboxylic acids is 1. The molecule has 0 saturated heterocycles. The number of hydrogen-bond acceptors (Lipinski definition) is 4. The molecule has 7 nitrogen and oxygen atoms in total. The van der Waals surface area contributed by atoms with Gasteiger partial charge in [0.05, 0.1) is 18.2 Å². The lowest BCUT2D eigenvalue weighted by molar-refractivity contribution is -0.274. The third-order valence-corrected chi connectivity index (χ3v) is 7.45. The Kier molecular flexibility index (Phi) is 6.55. The molecule has 196 valence electrons. The second-order valence-corrected chi connectivity index (χ2v) is 10.1. The minimum Gasteiger partial charge on any atom is -0.481 e. The van der Waals surface area contributed by atoms with Gasteiger partial charge in [-0.1, -0.05) is 23.7 Å². The molecule has 2 saturated carbocycles. The summed E-state index contributed by atoms with van der Waals surface area (Å²) in [4.78, 5) is 41.4. The van der Waals surface area contributed by atoms with Crippen molar-refractivity contribution in [2.24, 2.45) is 5.92 Å². The second-order valence-electron chi connectivity index (χ2n) is 9.63. The molecule has 0 aromatic heterocycles. The van der Waals surface area contributed by atoms with Crippen molar-refractivity contribution in [1.82, 2.24) is 4.90 Å². The third kappa shape index (κ3) is 5.12. The Morgan fingerprint density at radius 2 is 1.81 bits per heavy atom. The average molecular weight is 537 g/mol. The van der Waals surface area contributed by atoms with E-state index >= 15 is 0 Å². The fourth-order valence-electron chi connectivity index (χ4n) is 5.44. The molecule has 37 heavy (non-hydrogen) atoms. The van der Waals surface area contributed by atoms with E-state index in [1.165, 1.54) is 12.1 Å². The number of anilines is 1. The van der Waals surface area contributed by atoms with Crippen molar-refractivity contribution in [3.8, 4) is 5.75 Å². The molecule has 3 unspecified atom stereocenters. The van der Waals surface area contributed by atoms with Crippen molar-refractivity contribution in [1.29, 1.82) is 0 Å². The van der Waals surface area contributed by atoms with Crippen LogP contribution in [0.3, 0.4) is 0 Å². The zero-order chi connectivity index (χ0) is 26.5. The Balaban J connectivity index is 1.52. The molecule has 2 aliphatic carbocycles. The SMILES string of the molecule is O=C(O)CCC(=O)N(C1CC1)C1c2ccc(Cl)cc2N(C(=O)c2cccc(OC(F)(F)F)c2)C2CCC21. The number of carboxylic acids is 1. The lowest BCUT2D eigenvalue weighted by atomic mass is 9.67. The predicted octanol–water partition coefficient (Wildman–Crippen LogP) is 5.57. The van der Waals surface area contributed by atoms with E-state index in [1.54, 1.807) is 28.0 Å². The van der Waals surface area contributed by atoms with Gasteiger partial charge in [0.15, 0.2) is 0 Å². The van der Waals surface area contributed by atoms with Gasteiger partial charge in [-0.2, -0.15) is 0 Å². The van der Waals surface area contributed by atoms with Crippen LogP contribution in [-0.2, 0) is 9.59 Å². The number of carboxylic acid groups (broad SMARTS) is 1. The van der Waals surface area contributed by atoms with Crippen molar-refractivity contribution in [3.63, 3.8) is 0 Å². The van der Waals surface area contributed by atoms with E-state index < -0.39 is 24.0 Å². The van der Waals surface area contributed by atoms with E-state index in [0.29, 0.717) is 17.1 Å². The van der Waals surface area contributed by atoms with E-state index in [9.17, 15) is 27.6 Å². The standard InChI is InChI=1S/C26H24ClF3N2O5/c27-15-4-7-19-21(13-15)32(25(36)14-2-1-3-17(12-14)37-26(28,29)30)20-9-8-18(20)24(19)31(16-5-6-16)22(33)10-11-23(34)35/h1-4,7,12-13,16,18,20,24H,5-6,8-11H2,(H,34,35). The quantitative estimate of drug-likeness (QED) is 0.499. The van der Waals surface area contributed by atoms with E-state index in [0.717, 1.165) is 37.0 Å². The monoisotopic (exact) mass is 536 g/mol. The molecule has 2 fully saturated rings. The zero-order valence-electron chi connectivity index (χ0n) is 19.6. The molecule has 0 bridgehead atoms. The average Bonchev–Trinajstić information content (AvgIpc) is 3.63. The molecule has 3 aliphatic rings. The summed E-state index contributed by atoms with van der Waals surface area (Å²) in [5.74, 6) is -2.36. The highest BCUT2D eigenvalue weighted by Gasteiger charge is 2.53. The van der Waals surface area contributed by atoms with Gasteiger partial charge >= 0.3 is 12.3 Å². The fraction of sp³-hybridized carbons (Fsp3) is 0.423. The normalized spacial score (nSPS) is 22.4. The van der Waals surface area contributed by atoms with Crippen molar-refractivity contribution in [2.75, 3.05) is 4.90 Å². The van der Waals surface area contributed by atoms with Crippen LogP contribution in [0, 0.1) is 5.92 Å². The van der Waals surface area contributed by atoms with Crippen LogP contribution in [0.2, 0.25) is 5.02 Å². The lowest BCUT2D eigenvalue weighted by Crippen LogP contribution is -2.59. The molecule has 1 heterocycles. The van der Waals surface area contributed by atoms with E-state index in [2.05, 4.69) is 4.74 Å². The summed E-state index contributed by atoms with van der Waals surface area (Å²) in [6.07, 6.45) is -2.23. The lowest BCUT2D eigenvalue weighted by Gasteiger charge is -2.55. The van der Waals surface area contributed by atoms with Crippen LogP contribution in [0.5, 0.6) is 5.75 Å². The van der Waals surface area contributed by atoms with Crippen LogP contribution in [0.15, 0.2) is 42.5 Å². The van der Waals surface area contributed by atoms with Gasteiger partial charge in [0.2, 0.25) is 5.91 Å². The number of halogens is 4. The van der Waals surface area contributed by atoms with Gasteiger partial charge in [0, 0.05) is 35.0 Å². The van der Waals surface area contributed by atoms with Crippen LogP contribution in [0.25, 0.3) is 0 Å². The van der Waals surface area contributed by atoms with Gasteiger partial charge in [-0.3, -0.25) is 14.4 Å². The first-order valence-corrected chi connectivity index (χ1v) is 12.4. The number of hydrogen-bond donors (Lipinski definition) is 1. The Morgan fingerprint density at radius 1 is 1.05 bits per heavy atom. The molecule has 5 rings (SSSR count). The van der Waals surface area contributed by atoms with Gasteiger partial charge < -0.3 is 19.6 Å². The molecular weight excluding hydrogens is 513 g/mol. The highest BCUT2D eigenvalue weighted by Crippen LogP contribution is 2.55. The third-order valence-electron chi connectivity index (χ3n) is 7.21. The first kappa shape index (κ1) is 25.4. The van der Waals surface area contributed by atoms with E-state index in [1.807, 2.05) is 0 Å². The maximum atomic E-state index is 13.7. The van der Waals surface area contributed by atoms with Crippen molar-refractivity contribution in [2.45, 2.75) is 63.0 Å². The largest absolute Gasteiger partial charge is 0.573 e. The topological polar surface area (TPSA) is 87.2 Å². The number of nitrogens with zero attached hydrogens (tertiary/aromatic N) is 2. The van der Waals surface area contributed by atoms with Crippen molar-refractivity contribution >= 4 is 35.1 Å². The maximum Gasteiger partial charge on any atom is 0.573 e. The van der Waals surface area contributed by atoms with Gasteiger partial charge in [-0.05, 0) is 61.6 Å². The van der Waals surface area contributed by atoms with Crippen LogP contribution >= 0.6 is 11.6 Å². The number of carbonyl (C=O) groups is 3. The molecule has 1 aliphatic heterocycles. The van der Waals surface area contributed by atoms with Crippen molar-refractivity contribution in [3.05, 3.63) is 58.6 Å². The Bertz CT molecular complexity index is 1250. The minimum absolute atomic E-state index is 0.00882. The van der Waals surface area contributed by atoms with Gasteiger partial charge in [-0.25, -0.2) is 0 Å². The molecule has 0 spiro atoms. The molecule has 3 atom stereocenters. The maximum absolute atomic E-state index is 13.7. The molecule has 1 N–H and O–H groups in total. The molecular formula is C26H24ClF3N2O5. The summed E-state index contributed by atoms with van der Waals surface area (Å²) in [6.45, 7) is 0. The molecule has 2 amide bonds. The number of amides is 2. The first-order chi connectivity index (χ1) is 17.5. The molecule has 11 heteroatoms. The number of rotatable bonds is 7. The van der Waals surface area contributed by atoms with Gasteiger partial charge in [0.25, 0.3) is 5.91 Å². The predicted molar refractivity (Wildman–Crippen MR) is 127 cm³/mol. The van der Waals surface area contributed by atoms with Crippen LogP contribution in [0.1, 0.15) is 60.5 Å². The van der Waals surface area contributed by atoms with Crippen LogP contribution in [0.4, 0.5) is 18.9 Å². The van der Waals surface area contributed by atoms with Crippen LogP contribution < -0.4 is 9.64 Å². The number of ether oxygens (including phenoxy) is 1. The van der Waals surface area contributed by atoms with Crippen molar-refractivity contribution < 1.29 is 37.4 Å². The number of fused-ring (bicyclic) bond motifs is 2. The smallest absolute Gasteiger partial charge is 0.481 e. The summed E-state index contributed by atoms with van der Waals surface area (Å²) in [6, 6.07) is 9.42. The summed E-state index contributed by atoms with van der Waals surface area (Å²) in [5.41, 5.74) is 1.26. The highest BCUT2D eigenvalue weighted by molar-refractivity contribution is 6.31. The first-order valence-electron chi connectivity index (χ1n) is 12.1. The molecule has 2 aromatic carbocycles. The van der Waals surface area contributed by atoms with Crippen LogP contribution in [-0.4, -0.2) is 46.2 Å². The van der Waals surface area contributed by atoms with E-state index in [-0.39, 0.29) is 48.4 Å². The number of benzene rings is 2. The van der Waals surface area contributed by atoms with Gasteiger partial charge in [-0.15, -0.1) is 13.2 Å². The summed E-state index contributed by atoms with van der Waals surface area (Å²) in [5, 5.41) is 9.46. The highest BCUT2D eigenvalue weighted by atomic mass is 35.5. The summed E-state index contributed by atoms with van der Waals surface area (Å²) >= 11 is 6.31. The fourth-order valence-corrected chi connectivity index (χ4v) is 5.61. The summed E-state index contributed by atoms with van der Waals surface area (Å²) < 4.78 is 42.2. The molecule has 0 radical (unpaired) electrons. The molecule has 2 aromatic rings. The Morgan fingerprint density at radius 3 is 2.43 bits per heavy atom. The van der Waals surface area contributed by atoms with Gasteiger partial charge in [0.1, 0.15) is 5.75 Å². The Labute approximate surface area is 215 Å². The number of alkyl halides is 3. The second kappa shape index (κ2) is 9.55.